The number of hydrogen-bond acceptors (Lipinski definition) is 3. The molecule has 4 unspecified atom stereocenters. The molecule has 112 valence electrons. The van der Waals surface area contributed by atoms with E-state index in [0.717, 1.165) is 31.4 Å². The molecule has 2 aliphatic carbocycles. The Morgan fingerprint density at radius 2 is 2.00 bits per heavy atom. The van der Waals surface area contributed by atoms with Gasteiger partial charge in [-0.3, -0.25) is 4.79 Å². The second-order valence-corrected chi connectivity index (χ2v) is 7.18. The molecule has 2 fully saturated rings. The van der Waals surface area contributed by atoms with Crippen molar-refractivity contribution < 1.29 is 4.79 Å². The summed E-state index contributed by atoms with van der Waals surface area (Å²) < 4.78 is 0. The number of rotatable bonds is 4. The lowest BCUT2D eigenvalue weighted by atomic mass is 9.94. The van der Waals surface area contributed by atoms with Gasteiger partial charge in [-0.1, -0.05) is 19.8 Å². The van der Waals surface area contributed by atoms with Crippen LogP contribution in [0.25, 0.3) is 0 Å². The quantitative estimate of drug-likeness (QED) is 0.839. The number of nitrogens with two attached hydrogens (primary N) is 1. The van der Waals surface area contributed by atoms with Gasteiger partial charge in [0.2, 0.25) is 5.91 Å². The van der Waals surface area contributed by atoms with Crippen LogP contribution in [-0.4, -0.2) is 29.0 Å². The lowest BCUT2D eigenvalue weighted by Crippen LogP contribution is -2.46. The van der Waals surface area contributed by atoms with Crippen molar-refractivity contribution in [3.05, 3.63) is 0 Å². The number of halogens is 1. The van der Waals surface area contributed by atoms with E-state index in [0.29, 0.717) is 11.3 Å². The van der Waals surface area contributed by atoms with E-state index in [-0.39, 0.29) is 30.3 Å². The Balaban J connectivity index is 0.00000180. The third kappa shape index (κ3) is 4.83. The van der Waals surface area contributed by atoms with Crippen molar-refractivity contribution in [1.29, 1.82) is 0 Å². The van der Waals surface area contributed by atoms with E-state index in [2.05, 4.69) is 12.2 Å². The largest absolute Gasteiger partial charge is 0.352 e. The lowest BCUT2D eigenvalue weighted by Gasteiger charge is -2.32. The highest BCUT2D eigenvalue weighted by molar-refractivity contribution is 7.99. The van der Waals surface area contributed by atoms with Gasteiger partial charge in [-0.25, -0.2) is 0 Å². The van der Waals surface area contributed by atoms with Crippen molar-refractivity contribution >= 4 is 30.1 Å². The Bertz CT molecular complexity index is 289. The van der Waals surface area contributed by atoms with Gasteiger partial charge in [0.1, 0.15) is 0 Å². The number of carbonyl (C=O) groups excluding carboxylic acids is 1. The van der Waals surface area contributed by atoms with Crippen LogP contribution in [0.2, 0.25) is 0 Å². The first-order chi connectivity index (χ1) is 8.70. The maximum atomic E-state index is 12.2. The maximum Gasteiger partial charge on any atom is 0.223 e. The standard InChI is InChI=1S/C14H26N2OS.ClH/c1-2-18-13-6-4-3-5-12(13)16-14(17)10-7-8-11(15)9-10;/h10-13H,2-9,15H2,1H3,(H,16,17);1H. The van der Waals surface area contributed by atoms with E-state index in [1.807, 2.05) is 11.8 Å². The molecule has 4 atom stereocenters. The SMILES string of the molecule is CCSC1CCCCC1NC(=O)C1CCC(N)C1.Cl. The van der Waals surface area contributed by atoms with Crippen molar-refractivity contribution in [3.8, 4) is 0 Å². The summed E-state index contributed by atoms with van der Waals surface area (Å²) in [6.45, 7) is 2.20. The van der Waals surface area contributed by atoms with Crippen LogP contribution in [0.1, 0.15) is 51.9 Å². The van der Waals surface area contributed by atoms with Crippen LogP contribution in [0, 0.1) is 5.92 Å². The van der Waals surface area contributed by atoms with Crippen molar-refractivity contribution in [2.75, 3.05) is 5.75 Å². The normalized spacial score (nSPS) is 34.6. The summed E-state index contributed by atoms with van der Waals surface area (Å²) in [5.41, 5.74) is 5.89. The van der Waals surface area contributed by atoms with Crippen molar-refractivity contribution in [1.82, 2.24) is 5.32 Å². The van der Waals surface area contributed by atoms with Crippen LogP contribution in [0.15, 0.2) is 0 Å². The molecular weight excluding hydrogens is 280 g/mol. The van der Waals surface area contributed by atoms with E-state index in [1.165, 1.54) is 19.3 Å². The molecule has 3 nitrogen and oxygen atoms in total. The number of thioether (sulfide) groups is 1. The van der Waals surface area contributed by atoms with Gasteiger partial charge in [0.05, 0.1) is 0 Å². The molecule has 5 heteroatoms. The predicted octanol–water partition coefficient (Wildman–Crippen LogP) is 2.72. The molecule has 2 rings (SSSR count). The summed E-state index contributed by atoms with van der Waals surface area (Å²) in [4.78, 5) is 12.2. The Kier molecular flexibility index (Phi) is 7.55. The van der Waals surface area contributed by atoms with Gasteiger partial charge in [-0.2, -0.15) is 11.8 Å². The van der Waals surface area contributed by atoms with Crippen LogP contribution in [0.3, 0.4) is 0 Å². The van der Waals surface area contributed by atoms with Crippen LogP contribution >= 0.6 is 24.2 Å². The second kappa shape index (κ2) is 8.38. The highest BCUT2D eigenvalue weighted by Gasteiger charge is 2.32. The molecule has 0 aromatic carbocycles. The number of amides is 1. The molecule has 0 radical (unpaired) electrons. The van der Waals surface area contributed by atoms with Crippen molar-refractivity contribution in [2.45, 2.75) is 69.2 Å². The van der Waals surface area contributed by atoms with E-state index in [9.17, 15) is 4.79 Å². The third-order valence-electron chi connectivity index (χ3n) is 4.25. The van der Waals surface area contributed by atoms with Crippen LogP contribution in [0.5, 0.6) is 0 Å². The van der Waals surface area contributed by atoms with Gasteiger partial charge in [0.25, 0.3) is 0 Å². The molecule has 0 aromatic rings. The smallest absolute Gasteiger partial charge is 0.223 e. The first-order valence-electron chi connectivity index (χ1n) is 7.38. The molecule has 19 heavy (non-hydrogen) atoms. The Morgan fingerprint density at radius 1 is 1.26 bits per heavy atom. The monoisotopic (exact) mass is 306 g/mol. The number of carbonyl (C=O) groups is 1. The highest BCUT2D eigenvalue weighted by Crippen LogP contribution is 2.30. The molecular formula is C14H27ClN2OS. The predicted molar refractivity (Wildman–Crippen MR) is 84.9 cm³/mol. The first kappa shape index (κ1) is 17.1. The zero-order valence-corrected chi connectivity index (χ0v) is 13.4. The Hall–Kier alpha value is 0.0700. The molecule has 0 heterocycles. The molecule has 3 N–H and O–H groups in total. The minimum absolute atomic E-state index is 0. The molecule has 0 bridgehead atoms. The summed E-state index contributed by atoms with van der Waals surface area (Å²) in [5, 5.41) is 3.93. The van der Waals surface area contributed by atoms with Gasteiger partial charge >= 0.3 is 0 Å². The molecule has 0 saturated heterocycles. The van der Waals surface area contributed by atoms with Crippen molar-refractivity contribution in [2.24, 2.45) is 11.7 Å². The van der Waals surface area contributed by atoms with Crippen LogP contribution in [-0.2, 0) is 4.79 Å². The van der Waals surface area contributed by atoms with Crippen LogP contribution < -0.4 is 11.1 Å². The molecule has 0 aliphatic heterocycles. The Labute approximate surface area is 127 Å². The van der Waals surface area contributed by atoms with Crippen LogP contribution in [0.4, 0.5) is 0 Å². The Morgan fingerprint density at radius 3 is 2.63 bits per heavy atom. The van der Waals surface area contributed by atoms with Gasteiger partial charge < -0.3 is 11.1 Å². The van der Waals surface area contributed by atoms with E-state index in [4.69, 9.17) is 5.73 Å². The molecule has 0 spiro atoms. The summed E-state index contributed by atoms with van der Waals surface area (Å²) in [6, 6.07) is 0.640. The first-order valence-corrected chi connectivity index (χ1v) is 8.43. The summed E-state index contributed by atoms with van der Waals surface area (Å²) in [6.07, 6.45) is 7.86. The van der Waals surface area contributed by atoms with Gasteiger partial charge in [0, 0.05) is 23.3 Å². The minimum Gasteiger partial charge on any atom is -0.352 e. The van der Waals surface area contributed by atoms with E-state index in [1.54, 1.807) is 0 Å². The number of hydrogen-bond donors (Lipinski definition) is 2. The third-order valence-corrected chi connectivity index (χ3v) is 5.58. The number of nitrogens with one attached hydrogen (secondary N) is 1. The van der Waals surface area contributed by atoms with E-state index < -0.39 is 0 Å². The minimum atomic E-state index is 0. The fourth-order valence-corrected chi connectivity index (χ4v) is 4.43. The lowest BCUT2D eigenvalue weighted by molar-refractivity contribution is -0.125. The van der Waals surface area contributed by atoms with E-state index >= 15 is 0 Å². The van der Waals surface area contributed by atoms with Gasteiger partial charge in [0.15, 0.2) is 0 Å². The summed E-state index contributed by atoms with van der Waals surface area (Å²) in [7, 11) is 0. The van der Waals surface area contributed by atoms with Gasteiger partial charge in [-0.15, -0.1) is 12.4 Å². The second-order valence-electron chi connectivity index (χ2n) is 5.66. The average molecular weight is 307 g/mol. The molecule has 0 aromatic heterocycles. The average Bonchev–Trinajstić information content (AvgIpc) is 2.79. The fraction of sp³-hybridized carbons (Fsp3) is 0.929. The topological polar surface area (TPSA) is 55.1 Å². The zero-order valence-electron chi connectivity index (χ0n) is 11.8. The molecule has 1 amide bonds. The molecule has 2 saturated carbocycles. The zero-order chi connectivity index (χ0) is 13.0. The summed E-state index contributed by atoms with van der Waals surface area (Å²) in [5.74, 6) is 1.58. The van der Waals surface area contributed by atoms with Gasteiger partial charge in [-0.05, 0) is 37.9 Å². The maximum absolute atomic E-state index is 12.2. The molecule has 2 aliphatic rings. The van der Waals surface area contributed by atoms with Crippen molar-refractivity contribution in [3.63, 3.8) is 0 Å². The fourth-order valence-electron chi connectivity index (χ4n) is 3.23. The summed E-state index contributed by atoms with van der Waals surface area (Å²) >= 11 is 2.01. The highest BCUT2D eigenvalue weighted by atomic mass is 35.5.